The largest absolute Gasteiger partial charge is 0.293 e. The molecular formula is C16H14N4S. The number of aliphatic imine (C=N–C) groups is 1. The van der Waals surface area contributed by atoms with Crippen molar-refractivity contribution in [2.24, 2.45) is 4.99 Å². The average molecular weight is 294 g/mol. The smallest absolute Gasteiger partial charge is 0.0900 e. The summed E-state index contributed by atoms with van der Waals surface area (Å²) in [5.41, 5.74) is 4.00. The summed E-state index contributed by atoms with van der Waals surface area (Å²) in [5.74, 6) is 0. The molecule has 104 valence electrons. The van der Waals surface area contributed by atoms with E-state index < -0.39 is 0 Å². The van der Waals surface area contributed by atoms with Gasteiger partial charge >= 0.3 is 0 Å². The third-order valence-electron chi connectivity index (χ3n) is 3.51. The first kappa shape index (κ1) is 12.6. The summed E-state index contributed by atoms with van der Waals surface area (Å²) in [7, 11) is 0. The molecule has 1 aliphatic rings. The van der Waals surface area contributed by atoms with Crippen molar-refractivity contribution in [3.8, 4) is 11.4 Å². The number of nitrogens with zero attached hydrogens (tertiary/aromatic N) is 3. The van der Waals surface area contributed by atoms with Crippen LogP contribution in [0.2, 0.25) is 0 Å². The molecule has 0 spiro atoms. The van der Waals surface area contributed by atoms with E-state index in [1.807, 2.05) is 31.3 Å². The van der Waals surface area contributed by atoms with Gasteiger partial charge in [-0.15, -0.1) is 11.3 Å². The van der Waals surface area contributed by atoms with Crippen molar-refractivity contribution in [1.29, 1.82) is 0 Å². The Kier molecular flexibility index (Phi) is 3.02. The Morgan fingerprint density at radius 1 is 1.19 bits per heavy atom. The second-order valence-electron chi connectivity index (χ2n) is 5.07. The van der Waals surface area contributed by atoms with E-state index >= 15 is 0 Å². The molecule has 4 nitrogen and oxygen atoms in total. The molecule has 4 heterocycles. The average Bonchev–Trinajstić information content (AvgIpc) is 3.15. The summed E-state index contributed by atoms with van der Waals surface area (Å²) in [6.07, 6.45) is 1.93. The Morgan fingerprint density at radius 2 is 2.14 bits per heavy atom. The molecule has 5 heteroatoms. The van der Waals surface area contributed by atoms with E-state index in [4.69, 9.17) is 0 Å². The predicted octanol–water partition coefficient (Wildman–Crippen LogP) is 3.02. The molecule has 0 radical (unpaired) electrons. The maximum atomic E-state index is 4.55. The van der Waals surface area contributed by atoms with E-state index in [0.717, 1.165) is 36.0 Å². The minimum atomic E-state index is 0.723. The predicted molar refractivity (Wildman–Crippen MR) is 87.0 cm³/mol. The molecule has 0 saturated heterocycles. The van der Waals surface area contributed by atoms with Gasteiger partial charge in [0.2, 0.25) is 0 Å². The van der Waals surface area contributed by atoms with Crippen LogP contribution in [0, 0.1) is 6.92 Å². The first-order valence-electron chi connectivity index (χ1n) is 6.88. The maximum absolute atomic E-state index is 4.55. The van der Waals surface area contributed by atoms with Crippen molar-refractivity contribution < 1.29 is 0 Å². The van der Waals surface area contributed by atoms with Crippen molar-refractivity contribution in [1.82, 2.24) is 15.3 Å². The van der Waals surface area contributed by atoms with Crippen molar-refractivity contribution in [3.63, 3.8) is 0 Å². The highest BCUT2D eigenvalue weighted by Crippen LogP contribution is 2.29. The second kappa shape index (κ2) is 5.02. The van der Waals surface area contributed by atoms with Gasteiger partial charge in [0.25, 0.3) is 0 Å². The quantitative estimate of drug-likeness (QED) is 0.790. The van der Waals surface area contributed by atoms with Gasteiger partial charge in [-0.3, -0.25) is 20.3 Å². The van der Waals surface area contributed by atoms with Crippen LogP contribution < -0.4 is 5.32 Å². The van der Waals surface area contributed by atoms with Gasteiger partial charge in [-0.25, -0.2) is 0 Å². The fraction of sp³-hybridized carbons (Fsp3) is 0.188. The van der Waals surface area contributed by atoms with Crippen LogP contribution in [-0.4, -0.2) is 28.9 Å². The zero-order valence-corrected chi connectivity index (χ0v) is 12.4. The monoisotopic (exact) mass is 294 g/mol. The molecule has 3 aromatic heterocycles. The lowest BCUT2D eigenvalue weighted by Gasteiger charge is -2.00. The Morgan fingerprint density at radius 3 is 2.95 bits per heavy atom. The van der Waals surface area contributed by atoms with Crippen molar-refractivity contribution in [3.05, 3.63) is 47.1 Å². The van der Waals surface area contributed by atoms with Crippen LogP contribution in [0.5, 0.6) is 0 Å². The van der Waals surface area contributed by atoms with Gasteiger partial charge < -0.3 is 0 Å². The molecular weight excluding hydrogens is 280 g/mol. The van der Waals surface area contributed by atoms with Crippen LogP contribution in [0.3, 0.4) is 0 Å². The van der Waals surface area contributed by atoms with Gasteiger partial charge in [0, 0.05) is 28.5 Å². The summed E-state index contributed by atoms with van der Waals surface area (Å²) in [6.45, 7) is 3.57. The van der Waals surface area contributed by atoms with Gasteiger partial charge in [-0.1, -0.05) is 6.07 Å². The lowest BCUT2D eigenvalue weighted by Crippen LogP contribution is -2.12. The zero-order chi connectivity index (χ0) is 14.2. The molecule has 0 aromatic carbocycles. The molecule has 0 unspecified atom stereocenters. The standard InChI is InChI=1S/C16H14N4S/c1-10-3-2-4-12(20-10)13-6-15-11(7-18-13)5-16(21-15)14-8-17-9-19-14/h2-7,17H,8-9H2,1H3. The van der Waals surface area contributed by atoms with Crippen molar-refractivity contribution in [2.45, 2.75) is 6.92 Å². The maximum Gasteiger partial charge on any atom is 0.0900 e. The summed E-state index contributed by atoms with van der Waals surface area (Å²) < 4.78 is 1.23. The Hall–Kier alpha value is -2.11. The van der Waals surface area contributed by atoms with Crippen molar-refractivity contribution in [2.75, 3.05) is 13.2 Å². The van der Waals surface area contributed by atoms with Crippen LogP contribution in [0.15, 0.2) is 41.5 Å². The van der Waals surface area contributed by atoms with Gasteiger partial charge in [0.1, 0.15) is 0 Å². The molecule has 1 aliphatic heterocycles. The van der Waals surface area contributed by atoms with E-state index in [1.54, 1.807) is 11.3 Å². The normalized spacial score (nSPS) is 14.6. The number of rotatable bonds is 2. The first-order valence-corrected chi connectivity index (χ1v) is 7.69. The molecule has 0 aliphatic carbocycles. The highest BCUT2D eigenvalue weighted by molar-refractivity contribution is 7.21. The summed E-state index contributed by atoms with van der Waals surface area (Å²) >= 11 is 1.77. The summed E-state index contributed by atoms with van der Waals surface area (Å²) in [4.78, 5) is 14.8. The third kappa shape index (κ3) is 2.34. The van der Waals surface area contributed by atoms with Crippen LogP contribution >= 0.6 is 11.3 Å². The van der Waals surface area contributed by atoms with E-state index in [1.165, 1.54) is 15.0 Å². The van der Waals surface area contributed by atoms with Crippen LogP contribution in [0.4, 0.5) is 0 Å². The van der Waals surface area contributed by atoms with Crippen LogP contribution in [0.25, 0.3) is 21.5 Å². The van der Waals surface area contributed by atoms with Gasteiger partial charge in [-0.2, -0.15) is 0 Å². The topological polar surface area (TPSA) is 50.2 Å². The summed E-state index contributed by atoms with van der Waals surface area (Å²) in [6, 6.07) is 10.3. The molecule has 0 bridgehead atoms. The lowest BCUT2D eigenvalue weighted by atomic mass is 10.2. The van der Waals surface area contributed by atoms with Crippen molar-refractivity contribution >= 4 is 27.1 Å². The first-order chi connectivity index (χ1) is 10.3. The van der Waals surface area contributed by atoms with E-state index in [-0.39, 0.29) is 0 Å². The zero-order valence-electron chi connectivity index (χ0n) is 11.6. The fourth-order valence-corrected chi connectivity index (χ4v) is 3.53. The molecule has 0 amide bonds. The second-order valence-corrected chi connectivity index (χ2v) is 6.16. The van der Waals surface area contributed by atoms with E-state index in [2.05, 4.69) is 32.4 Å². The number of thiophene rings is 1. The highest BCUT2D eigenvalue weighted by Gasteiger charge is 2.12. The third-order valence-corrected chi connectivity index (χ3v) is 4.66. The number of pyridine rings is 2. The van der Waals surface area contributed by atoms with Gasteiger partial charge in [0.05, 0.1) is 28.6 Å². The lowest BCUT2D eigenvalue weighted by molar-refractivity contribution is 0.850. The van der Waals surface area contributed by atoms with Crippen LogP contribution in [-0.2, 0) is 0 Å². The molecule has 3 aromatic rings. The van der Waals surface area contributed by atoms with E-state index in [0.29, 0.717) is 0 Å². The van der Waals surface area contributed by atoms with Gasteiger partial charge in [-0.05, 0) is 31.2 Å². The number of nitrogens with one attached hydrogen (secondary N) is 1. The number of aryl methyl sites for hydroxylation is 1. The number of hydrogen-bond acceptors (Lipinski definition) is 5. The minimum absolute atomic E-state index is 0.723. The Balaban J connectivity index is 1.79. The van der Waals surface area contributed by atoms with E-state index in [9.17, 15) is 0 Å². The number of fused-ring (bicyclic) bond motifs is 1. The van der Waals surface area contributed by atoms with Crippen LogP contribution in [0.1, 0.15) is 10.6 Å². The number of hydrogen-bond donors (Lipinski definition) is 1. The molecule has 1 N–H and O–H groups in total. The fourth-order valence-electron chi connectivity index (χ4n) is 2.45. The SMILES string of the molecule is Cc1cccc(-c2cc3sc(C4=NCNC4)cc3cn2)n1. The molecule has 0 saturated carbocycles. The minimum Gasteiger partial charge on any atom is -0.293 e. The molecule has 21 heavy (non-hydrogen) atoms. The Bertz CT molecular complexity index is 850. The molecule has 4 rings (SSSR count). The summed E-state index contributed by atoms with van der Waals surface area (Å²) in [5, 5.41) is 4.40. The van der Waals surface area contributed by atoms with Gasteiger partial charge in [0.15, 0.2) is 0 Å². The Labute approximate surface area is 126 Å². The number of aromatic nitrogens is 2. The molecule has 0 atom stereocenters. The highest BCUT2D eigenvalue weighted by atomic mass is 32.1. The molecule has 0 fully saturated rings.